The van der Waals surface area contributed by atoms with Gasteiger partial charge in [0.1, 0.15) is 0 Å². The third kappa shape index (κ3) is 4.45. The van der Waals surface area contributed by atoms with Crippen LogP contribution in [0.5, 0.6) is 0 Å². The molecule has 0 radical (unpaired) electrons. The average Bonchev–Trinajstić information content (AvgIpc) is 3.70. The molecule has 0 saturated carbocycles. The summed E-state index contributed by atoms with van der Waals surface area (Å²) >= 11 is 0. The van der Waals surface area contributed by atoms with Crippen LogP contribution in [0.3, 0.4) is 0 Å². The Kier molecular flexibility index (Phi) is 6.56. The number of para-hydroxylation sites is 3. The van der Waals surface area contributed by atoms with Crippen molar-refractivity contribution in [2.24, 2.45) is 0 Å². The van der Waals surface area contributed by atoms with Crippen LogP contribution in [0.1, 0.15) is 11.1 Å². The Bertz CT molecular complexity index is 2920. The summed E-state index contributed by atoms with van der Waals surface area (Å²) in [6.07, 6.45) is 0. The zero-order valence-electron chi connectivity index (χ0n) is 26.7. The van der Waals surface area contributed by atoms with E-state index < -0.39 is 0 Å². The van der Waals surface area contributed by atoms with E-state index in [2.05, 4.69) is 98.9 Å². The average molecular weight is 636 g/mol. The van der Waals surface area contributed by atoms with Gasteiger partial charge < -0.3 is 9.13 Å². The molecule has 0 saturated heterocycles. The zero-order valence-corrected chi connectivity index (χ0v) is 26.7. The highest BCUT2D eigenvalue weighted by atomic mass is 15.0. The van der Waals surface area contributed by atoms with Crippen molar-refractivity contribution in [2.45, 2.75) is 0 Å². The van der Waals surface area contributed by atoms with Crippen LogP contribution in [0.2, 0.25) is 0 Å². The number of hydrogen-bond acceptors (Lipinski definition) is 2. The van der Waals surface area contributed by atoms with E-state index in [-0.39, 0.29) is 0 Å². The molecule has 0 aliphatic rings. The first-order valence-corrected chi connectivity index (χ1v) is 16.2. The molecule has 2 aromatic heterocycles. The normalized spacial score (nSPS) is 11.1. The minimum absolute atomic E-state index is 0.539. The van der Waals surface area contributed by atoms with E-state index in [4.69, 9.17) is 6.57 Å². The Labute approximate surface area is 288 Å². The fraction of sp³-hybridized carbons (Fsp3) is 0. The largest absolute Gasteiger partial charge is 0.310 e. The summed E-state index contributed by atoms with van der Waals surface area (Å²) in [5, 5.41) is 24.2. The van der Waals surface area contributed by atoms with Gasteiger partial charge in [-0.1, -0.05) is 84.9 Å². The van der Waals surface area contributed by atoms with E-state index in [9.17, 15) is 10.5 Å². The third-order valence-corrected chi connectivity index (χ3v) is 9.55. The predicted molar refractivity (Wildman–Crippen MR) is 202 cm³/mol. The quantitative estimate of drug-likeness (QED) is 0.181. The highest BCUT2D eigenvalue weighted by molar-refractivity contribution is 6.11. The van der Waals surface area contributed by atoms with Crippen molar-refractivity contribution in [3.05, 3.63) is 174 Å². The molecule has 0 unspecified atom stereocenters. The second-order valence-electron chi connectivity index (χ2n) is 12.3. The molecule has 50 heavy (non-hydrogen) atoms. The summed E-state index contributed by atoms with van der Waals surface area (Å²) < 4.78 is 4.43. The van der Waals surface area contributed by atoms with E-state index in [1.165, 1.54) is 10.8 Å². The van der Waals surface area contributed by atoms with Crippen LogP contribution in [-0.4, -0.2) is 9.13 Å². The highest BCUT2D eigenvalue weighted by Gasteiger charge is 2.18. The van der Waals surface area contributed by atoms with E-state index in [1.54, 1.807) is 0 Å². The van der Waals surface area contributed by atoms with Crippen molar-refractivity contribution in [1.29, 1.82) is 10.5 Å². The fourth-order valence-electron chi connectivity index (χ4n) is 7.36. The molecular weight excluding hydrogens is 611 g/mol. The molecule has 0 aliphatic heterocycles. The van der Waals surface area contributed by atoms with E-state index >= 15 is 0 Å². The van der Waals surface area contributed by atoms with Crippen LogP contribution in [0, 0.1) is 29.2 Å². The molecule has 0 amide bonds. The highest BCUT2D eigenvalue weighted by Crippen LogP contribution is 2.40. The third-order valence-electron chi connectivity index (χ3n) is 9.55. The molecule has 0 bridgehead atoms. The van der Waals surface area contributed by atoms with Gasteiger partial charge in [-0.25, -0.2) is 4.85 Å². The minimum Gasteiger partial charge on any atom is -0.310 e. The number of nitriles is 2. The summed E-state index contributed by atoms with van der Waals surface area (Å²) in [6.45, 7) is 7.84. The van der Waals surface area contributed by atoms with Crippen molar-refractivity contribution in [2.75, 3.05) is 0 Å². The van der Waals surface area contributed by atoms with Crippen LogP contribution in [0.4, 0.5) is 5.69 Å². The van der Waals surface area contributed by atoms with Crippen LogP contribution >= 0.6 is 0 Å². The van der Waals surface area contributed by atoms with Gasteiger partial charge in [-0.15, -0.1) is 0 Å². The number of aromatic nitrogens is 2. The SMILES string of the molecule is [C-]#[N+]c1ccc(-c2cccc(-c3cc(C#N)cc(-n4c5ccccc5c5ccccc54)c3)c2)c(-n2c3ccccc3c3cc(C#N)ccc32)c1. The topological polar surface area (TPSA) is 61.8 Å². The first-order valence-electron chi connectivity index (χ1n) is 16.2. The van der Waals surface area contributed by atoms with Gasteiger partial charge in [-0.05, 0) is 83.4 Å². The molecule has 5 nitrogen and oxygen atoms in total. The maximum Gasteiger partial charge on any atom is 0.189 e. The maximum absolute atomic E-state index is 10.2. The number of hydrogen-bond donors (Lipinski definition) is 0. The van der Waals surface area contributed by atoms with Crippen molar-refractivity contribution >= 4 is 49.3 Å². The summed E-state index contributed by atoms with van der Waals surface area (Å²) in [4.78, 5) is 3.79. The molecule has 5 heteroatoms. The first kappa shape index (κ1) is 28.8. The Balaban J connectivity index is 1.25. The van der Waals surface area contributed by atoms with E-state index in [0.29, 0.717) is 16.8 Å². The number of rotatable bonds is 4. The Hall–Kier alpha value is -7.39. The molecule has 0 aliphatic carbocycles. The fourth-order valence-corrected chi connectivity index (χ4v) is 7.36. The summed E-state index contributed by atoms with van der Waals surface area (Å²) in [5.41, 5.74) is 11.5. The summed E-state index contributed by atoms with van der Waals surface area (Å²) in [7, 11) is 0. The Morgan fingerprint density at radius 2 is 1.08 bits per heavy atom. The van der Waals surface area contributed by atoms with Gasteiger partial charge in [0.05, 0.1) is 51.9 Å². The summed E-state index contributed by atoms with van der Waals surface area (Å²) in [5.74, 6) is 0. The lowest BCUT2D eigenvalue weighted by Crippen LogP contribution is -1.98. The van der Waals surface area contributed by atoms with Gasteiger partial charge in [0.2, 0.25) is 0 Å². The molecule has 0 N–H and O–H groups in total. The number of benzene rings is 7. The molecule has 7 aromatic carbocycles. The molecule has 0 fully saturated rings. The Morgan fingerprint density at radius 3 is 1.76 bits per heavy atom. The zero-order chi connectivity index (χ0) is 33.8. The molecule has 0 spiro atoms. The number of nitrogens with zero attached hydrogens (tertiary/aromatic N) is 5. The van der Waals surface area contributed by atoms with Crippen LogP contribution in [-0.2, 0) is 0 Å². The van der Waals surface area contributed by atoms with Gasteiger partial charge in [0, 0.05) is 38.5 Å². The molecule has 0 atom stereocenters. The number of fused-ring (bicyclic) bond motifs is 6. The van der Waals surface area contributed by atoms with E-state index in [1.807, 2.05) is 78.9 Å². The van der Waals surface area contributed by atoms with Gasteiger partial charge in [0.25, 0.3) is 0 Å². The lowest BCUT2D eigenvalue weighted by molar-refractivity contribution is 1.18. The van der Waals surface area contributed by atoms with Gasteiger partial charge in [-0.3, -0.25) is 0 Å². The van der Waals surface area contributed by atoms with Crippen LogP contribution < -0.4 is 0 Å². The lowest BCUT2D eigenvalue weighted by Gasteiger charge is -2.16. The first-order chi connectivity index (χ1) is 24.6. The van der Waals surface area contributed by atoms with E-state index in [0.717, 1.165) is 66.5 Å². The van der Waals surface area contributed by atoms with Crippen molar-refractivity contribution in [1.82, 2.24) is 9.13 Å². The maximum atomic E-state index is 10.2. The molecule has 9 aromatic rings. The van der Waals surface area contributed by atoms with Crippen molar-refractivity contribution < 1.29 is 0 Å². The lowest BCUT2D eigenvalue weighted by atomic mass is 9.96. The minimum atomic E-state index is 0.539. The Morgan fingerprint density at radius 1 is 0.460 bits per heavy atom. The standard InChI is InChI=1S/C45H25N5/c1-48-34-18-19-36(45(26-34)50-43-16-7-4-13-39(43)40-23-29(27-46)17-20-44(40)50)32-10-8-9-31(24-32)33-21-30(28-47)22-35(25-33)49-41-14-5-2-11-37(41)38-12-3-6-15-42(38)49/h2-26H. The van der Waals surface area contributed by atoms with Crippen LogP contribution in [0.15, 0.2) is 152 Å². The van der Waals surface area contributed by atoms with Crippen molar-refractivity contribution in [3.63, 3.8) is 0 Å². The smallest absolute Gasteiger partial charge is 0.189 e. The second-order valence-corrected chi connectivity index (χ2v) is 12.3. The summed E-state index contributed by atoms with van der Waals surface area (Å²) in [6, 6.07) is 55.6. The molecule has 9 rings (SSSR count). The second kappa shape index (κ2) is 11.4. The molecule has 230 valence electrons. The van der Waals surface area contributed by atoms with Crippen molar-refractivity contribution in [3.8, 4) is 45.8 Å². The van der Waals surface area contributed by atoms with Gasteiger partial charge in [-0.2, -0.15) is 10.5 Å². The predicted octanol–water partition coefficient (Wildman–Crippen LogP) is 11.5. The van der Waals surface area contributed by atoms with Gasteiger partial charge in [0.15, 0.2) is 5.69 Å². The molecule has 2 heterocycles. The monoisotopic (exact) mass is 635 g/mol. The van der Waals surface area contributed by atoms with Gasteiger partial charge >= 0.3 is 0 Å². The molecular formula is C45H25N5. The van der Waals surface area contributed by atoms with Crippen LogP contribution in [0.25, 0.3) is 82.1 Å².